The number of nitrogens with one attached hydrogen (secondary N) is 1. The van der Waals surface area contributed by atoms with E-state index < -0.39 is 0 Å². The van der Waals surface area contributed by atoms with Crippen molar-refractivity contribution in [3.05, 3.63) is 52.6 Å². The Morgan fingerprint density at radius 3 is 2.73 bits per heavy atom. The molecule has 3 rings (SSSR count). The predicted octanol–water partition coefficient (Wildman–Crippen LogP) is 2.01. The Labute approximate surface area is 155 Å². The number of hydrogen-bond donors (Lipinski definition) is 1. The molecule has 0 atom stereocenters. The first-order valence-electron chi connectivity index (χ1n) is 8.34. The van der Waals surface area contributed by atoms with E-state index in [0.29, 0.717) is 16.9 Å². The van der Waals surface area contributed by atoms with Gasteiger partial charge in [0.2, 0.25) is 5.91 Å². The standard InChI is InChI=1S/C18H21N5O2S/c1-12(2)20-14(24)10-23-11-19-16-15(17(23)25)26-18(21-16)22(3)9-13-7-5-4-6-8-13/h4-8,11-12H,9-10H2,1-3H3,(H,20,24). The molecule has 0 saturated heterocycles. The quantitative estimate of drug-likeness (QED) is 0.717. The van der Waals surface area contributed by atoms with E-state index in [4.69, 9.17) is 0 Å². The Balaban J connectivity index is 1.83. The van der Waals surface area contributed by atoms with E-state index in [9.17, 15) is 9.59 Å². The van der Waals surface area contributed by atoms with Crippen LogP contribution in [-0.2, 0) is 17.9 Å². The second kappa shape index (κ2) is 7.65. The van der Waals surface area contributed by atoms with E-state index in [2.05, 4.69) is 15.3 Å². The van der Waals surface area contributed by atoms with Crippen LogP contribution in [0.1, 0.15) is 19.4 Å². The maximum atomic E-state index is 12.6. The molecule has 1 N–H and O–H groups in total. The lowest BCUT2D eigenvalue weighted by Crippen LogP contribution is -2.36. The van der Waals surface area contributed by atoms with Gasteiger partial charge in [-0.2, -0.15) is 4.98 Å². The summed E-state index contributed by atoms with van der Waals surface area (Å²) in [5, 5.41) is 3.49. The third-order valence-corrected chi connectivity index (χ3v) is 4.87. The molecule has 0 aliphatic carbocycles. The summed E-state index contributed by atoms with van der Waals surface area (Å²) in [7, 11) is 1.93. The van der Waals surface area contributed by atoms with Crippen LogP contribution in [0.15, 0.2) is 41.5 Å². The van der Waals surface area contributed by atoms with Gasteiger partial charge in [-0.15, -0.1) is 0 Å². The van der Waals surface area contributed by atoms with Gasteiger partial charge in [-0.25, -0.2) is 4.98 Å². The molecule has 136 valence electrons. The van der Waals surface area contributed by atoms with E-state index in [1.54, 1.807) is 0 Å². The summed E-state index contributed by atoms with van der Waals surface area (Å²) >= 11 is 1.29. The highest BCUT2D eigenvalue weighted by molar-refractivity contribution is 7.22. The highest BCUT2D eigenvalue weighted by atomic mass is 32.1. The summed E-state index contributed by atoms with van der Waals surface area (Å²) in [5.74, 6) is -0.214. The average molecular weight is 371 g/mol. The van der Waals surface area contributed by atoms with Crippen LogP contribution in [0, 0.1) is 0 Å². The first kappa shape index (κ1) is 18.1. The van der Waals surface area contributed by atoms with Gasteiger partial charge in [0.05, 0.1) is 0 Å². The Morgan fingerprint density at radius 1 is 1.31 bits per heavy atom. The fourth-order valence-electron chi connectivity index (χ4n) is 2.56. The Morgan fingerprint density at radius 2 is 2.04 bits per heavy atom. The van der Waals surface area contributed by atoms with Gasteiger partial charge in [-0.05, 0) is 19.4 Å². The molecule has 2 aromatic heterocycles. The molecule has 0 radical (unpaired) electrons. The average Bonchev–Trinajstić information content (AvgIpc) is 3.03. The zero-order valence-corrected chi connectivity index (χ0v) is 15.8. The molecule has 0 bridgehead atoms. The topological polar surface area (TPSA) is 80.1 Å². The second-order valence-corrected chi connectivity index (χ2v) is 7.37. The smallest absolute Gasteiger partial charge is 0.273 e. The Bertz CT molecular complexity index is 965. The van der Waals surface area contributed by atoms with Gasteiger partial charge < -0.3 is 10.2 Å². The molecule has 0 unspecified atom stereocenters. The minimum Gasteiger partial charge on any atom is -0.352 e. The zero-order valence-electron chi connectivity index (χ0n) is 15.0. The number of hydrogen-bond acceptors (Lipinski definition) is 6. The van der Waals surface area contributed by atoms with Crippen molar-refractivity contribution >= 4 is 32.7 Å². The molecule has 0 aliphatic rings. The van der Waals surface area contributed by atoms with E-state index in [1.165, 1.54) is 22.2 Å². The lowest BCUT2D eigenvalue weighted by atomic mass is 10.2. The summed E-state index contributed by atoms with van der Waals surface area (Å²) in [6.45, 7) is 4.39. The van der Waals surface area contributed by atoms with Crippen molar-refractivity contribution in [3.8, 4) is 0 Å². The van der Waals surface area contributed by atoms with Crippen LogP contribution in [0.3, 0.4) is 0 Å². The summed E-state index contributed by atoms with van der Waals surface area (Å²) in [4.78, 5) is 35.2. The summed E-state index contributed by atoms with van der Waals surface area (Å²) in [6, 6.07) is 10.1. The van der Waals surface area contributed by atoms with Crippen molar-refractivity contribution in [2.45, 2.75) is 33.0 Å². The minimum atomic E-state index is -0.245. The Hall–Kier alpha value is -2.74. The Kier molecular flexibility index (Phi) is 5.32. The van der Waals surface area contributed by atoms with Crippen LogP contribution in [0.25, 0.3) is 10.3 Å². The van der Waals surface area contributed by atoms with Crippen molar-refractivity contribution in [1.29, 1.82) is 0 Å². The van der Waals surface area contributed by atoms with Gasteiger partial charge in [0.15, 0.2) is 10.8 Å². The van der Waals surface area contributed by atoms with E-state index in [-0.39, 0.29) is 24.1 Å². The number of anilines is 1. The molecular formula is C18H21N5O2S. The van der Waals surface area contributed by atoms with Gasteiger partial charge in [-0.3, -0.25) is 14.2 Å². The number of amides is 1. The zero-order chi connectivity index (χ0) is 18.7. The van der Waals surface area contributed by atoms with Crippen LogP contribution in [-0.4, -0.2) is 33.5 Å². The van der Waals surface area contributed by atoms with Gasteiger partial charge in [-0.1, -0.05) is 41.7 Å². The number of carbonyl (C=O) groups excluding carboxylic acids is 1. The molecule has 0 spiro atoms. The lowest BCUT2D eigenvalue weighted by Gasteiger charge is -2.15. The van der Waals surface area contributed by atoms with Crippen molar-refractivity contribution in [3.63, 3.8) is 0 Å². The highest BCUT2D eigenvalue weighted by Gasteiger charge is 2.15. The van der Waals surface area contributed by atoms with Crippen LogP contribution in [0.2, 0.25) is 0 Å². The van der Waals surface area contributed by atoms with Gasteiger partial charge >= 0.3 is 0 Å². The number of fused-ring (bicyclic) bond motifs is 1. The molecule has 8 heteroatoms. The van der Waals surface area contributed by atoms with Crippen molar-refractivity contribution < 1.29 is 4.79 Å². The van der Waals surface area contributed by atoms with Crippen LogP contribution in [0.4, 0.5) is 5.13 Å². The second-order valence-electron chi connectivity index (χ2n) is 6.39. The first-order valence-corrected chi connectivity index (χ1v) is 9.16. The lowest BCUT2D eigenvalue weighted by molar-refractivity contribution is -0.122. The monoisotopic (exact) mass is 371 g/mol. The summed E-state index contributed by atoms with van der Waals surface area (Å²) < 4.78 is 1.78. The van der Waals surface area contributed by atoms with E-state index in [1.807, 2.05) is 56.1 Å². The normalized spacial score (nSPS) is 11.1. The van der Waals surface area contributed by atoms with Crippen molar-refractivity contribution in [2.24, 2.45) is 0 Å². The van der Waals surface area contributed by atoms with E-state index >= 15 is 0 Å². The maximum absolute atomic E-state index is 12.6. The molecule has 1 amide bonds. The van der Waals surface area contributed by atoms with Crippen LogP contribution in [0.5, 0.6) is 0 Å². The minimum absolute atomic E-state index is 0.0246. The molecule has 0 fully saturated rings. The first-order chi connectivity index (χ1) is 12.4. The fourth-order valence-corrected chi connectivity index (χ4v) is 3.49. The van der Waals surface area contributed by atoms with E-state index in [0.717, 1.165) is 10.7 Å². The number of thiazole rings is 1. The summed E-state index contributed by atoms with van der Waals surface area (Å²) in [5.41, 5.74) is 1.33. The number of rotatable bonds is 6. The van der Waals surface area contributed by atoms with Crippen molar-refractivity contribution in [2.75, 3.05) is 11.9 Å². The molecule has 7 nitrogen and oxygen atoms in total. The van der Waals surface area contributed by atoms with Crippen molar-refractivity contribution in [1.82, 2.24) is 19.9 Å². The van der Waals surface area contributed by atoms with Crippen LogP contribution >= 0.6 is 11.3 Å². The third-order valence-electron chi connectivity index (χ3n) is 3.73. The molecule has 0 aliphatic heterocycles. The largest absolute Gasteiger partial charge is 0.352 e. The van der Waals surface area contributed by atoms with Gasteiger partial charge in [0.1, 0.15) is 17.6 Å². The maximum Gasteiger partial charge on any atom is 0.273 e. The SMILES string of the molecule is CC(C)NC(=O)Cn1cnc2nc(N(C)Cc3ccccc3)sc2c1=O. The number of nitrogens with zero attached hydrogens (tertiary/aromatic N) is 4. The molecule has 0 saturated carbocycles. The molecule has 1 aromatic carbocycles. The molecule has 3 aromatic rings. The number of benzene rings is 1. The highest BCUT2D eigenvalue weighted by Crippen LogP contribution is 2.25. The summed E-state index contributed by atoms with van der Waals surface area (Å²) in [6.07, 6.45) is 1.38. The third kappa shape index (κ3) is 4.08. The number of aromatic nitrogens is 3. The fraction of sp³-hybridized carbons (Fsp3) is 0.333. The van der Waals surface area contributed by atoms with Gasteiger partial charge in [0, 0.05) is 19.6 Å². The van der Waals surface area contributed by atoms with Gasteiger partial charge in [0.25, 0.3) is 5.56 Å². The molecule has 2 heterocycles. The molecule has 26 heavy (non-hydrogen) atoms. The predicted molar refractivity (Wildman–Crippen MR) is 104 cm³/mol. The number of carbonyl (C=O) groups is 1. The molecular weight excluding hydrogens is 350 g/mol. The van der Waals surface area contributed by atoms with Crippen LogP contribution < -0.4 is 15.8 Å².